The van der Waals surface area contributed by atoms with Crippen molar-refractivity contribution in [2.45, 2.75) is 40.0 Å². The summed E-state index contributed by atoms with van der Waals surface area (Å²) >= 11 is 3.52. The second-order valence-corrected chi connectivity index (χ2v) is 7.83. The summed E-state index contributed by atoms with van der Waals surface area (Å²) < 4.78 is 6.51. The van der Waals surface area contributed by atoms with Gasteiger partial charge in [0, 0.05) is 5.69 Å². The van der Waals surface area contributed by atoms with E-state index in [2.05, 4.69) is 42.0 Å². The zero-order chi connectivity index (χ0) is 17.9. The van der Waals surface area contributed by atoms with Crippen LogP contribution in [0.2, 0.25) is 0 Å². The summed E-state index contributed by atoms with van der Waals surface area (Å²) in [6.07, 6.45) is 0. The summed E-state index contributed by atoms with van der Waals surface area (Å²) in [5.41, 5.74) is 4.32. The van der Waals surface area contributed by atoms with E-state index in [0.717, 1.165) is 21.3 Å². The number of carbonyl (C=O) groups excluding carboxylic acids is 1. The molecule has 128 valence electrons. The molecule has 2 rings (SSSR count). The van der Waals surface area contributed by atoms with E-state index >= 15 is 0 Å². The largest absolute Gasteiger partial charge is 0.483 e. The van der Waals surface area contributed by atoms with Gasteiger partial charge in [-0.05, 0) is 70.1 Å². The number of halogens is 1. The molecule has 2 aromatic rings. The Morgan fingerprint density at radius 3 is 2.50 bits per heavy atom. The van der Waals surface area contributed by atoms with Crippen molar-refractivity contribution >= 4 is 27.5 Å². The van der Waals surface area contributed by atoms with Crippen molar-refractivity contribution in [2.75, 3.05) is 11.9 Å². The zero-order valence-electron chi connectivity index (χ0n) is 14.9. The molecule has 0 aliphatic carbocycles. The minimum Gasteiger partial charge on any atom is -0.483 e. The molecule has 0 aliphatic heterocycles. The average molecular weight is 390 g/mol. The summed E-state index contributed by atoms with van der Waals surface area (Å²) in [5, 5.41) is 2.90. The molecule has 0 aliphatic rings. The summed E-state index contributed by atoms with van der Waals surface area (Å²) in [7, 11) is 0. The fourth-order valence-electron chi connectivity index (χ4n) is 2.30. The Bertz CT molecular complexity index is 748. The maximum atomic E-state index is 12.1. The molecule has 3 nitrogen and oxygen atoms in total. The van der Waals surface area contributed by atoms with Gasteiger partial charge in [-0.2, -0.15) is 0 Å². The van der Waals surface area contributed by atoms with Crippen molar-refractivity contribution in [1.82, 2.24) is 0 Å². The zero-order valence-corrected chi connectivity index (χ0v) is 16.5. The number of anilines is 1. The molecule has 1 amide bonds. The first-order chi connectivity index (χ1) is 11.2. The van der Waals surface area contributed by atoms with Crippen LogP contribution in [0.25, 0.3) is 0 Å². The molecule has 0 heterocycles. The quantitative estimate of drug-likeness (QED) is 0.761. The number of benzene rings is 2. The normalized spacial score (nSPS) is 11.2. The predicted molar refractivity (Wildman–Crippen MR) is 103 cm³/mol. The van der Waals surface area contributed by atoms with Gasteiger partial charge in [0.25, 0.3) is 5.91 Å². The van der Waals surface area contributed by atoms with E-state index in [1.807, 2.05) is 50.2 Å². The van der Waals surface area contributed by atoms with E-state index in [9.17, 15) is 4.79 Å². The fraction of sp³-hybridized carbons (Fsp3) is 0.350. The van der Waals surface area contributed by atoms with Gasteiger partial charge in [0.2, 0.25) is 0 Å². The van der Waals surface area contributed by atoms with Crippen LogP contribution in [0.1, 0.15) is 37.5 Å². The Morgan fingerprint density at radius 1 is 1.17 bits per heavy atom. The first kappa shape index (κ1) is 18.5. The molecule has 4 heteroatoms. The van der Waals surface area contributed by atoms with Gasteiger partial charge in [-0.1, -0.05) is 39.0 Å². The minimum atomic E-state index is -0.171. The molecular formula is C20H24BrNO2. The SMILES string of the molecule is Cc1cccc(NC(=O)COc2ccc(C(C)(C)C)cc2Br)c1C. The van der Waals surface area contributed by atoms with Crippen molar-refractivity contribution in [3.05, 3.63) is 57.6 Å². The molecule has 0 atom stereocenters. The number of rotatable bonds is 4. The minimum absolute atomic E-state index is 0.0269. The molecule has 24 heavy (non-hydrogen) atoms. The third-order valence-corrected chi connectivity index (χ3v) is 4.66. The average Bonchev–Trinajstić information content (AvgIpc) is 2.49. The van der Waals surface area contributed by atoms with E-state index in [1.54, 1.807) is 0 Å². The van der Waals surface area contributed by atoms with Crippen LogP contribution in [0.3, 0.4) is 0 Å². The number of hydrogen-bond donors (Lipinski definition) is 1. The maximum Gasteiger partial charge on any atom is 0.262 e. The van der Waals surface area contributed by atoms with Crippen LogP contribution in [-0.4, -0.2) is 12.5 Å². The van der Waals surface area contributed by atoms with Gasteiger partial charge in [0.1, 0.15) is 5.75 Å². The van der Waals surface area contributed by atoms with E-state index in [1.165, 1.54) is 5.56 Å². The lowest BCUT2D eigenvalue weighted by molar-refractivity contribution is -0.118. The summed E-state index contributed by atoms with van der Waals surface area (Å²) in [6, 6.07) is 11.8. The highest BCUT2D eigenvalue weighted by molar-refractivity contribution is 9.10. The van der Waals surface area contributed by atoms with Crippen LogP contribution in [0.15, 0.2) is 40.9 Å². The Morgan fingerprint density at radius 2 is 1.88 bits per heavy atom. The molecule has 2 aromatic carbocycles. The standard InChI is InChI=1S/C20H24BrNO2/c1-13-7-6-8-17(14(13)2)22-19(23)12-24-18-10-9-15(11-16(18)21)20(3,4)5/h6-11H,12H2,1-5H3,(H,22,23). The van der Waals surface area contributed by atoms with E-state index < -0.39 is 0 Å². The van der Waals surface area contributed by atoms with Gasteiger partial charge in [-0.3, -0.25) is 4.79 Å². The molecule has 0 aromatic heterocycles. The van der Waals surface area contributed by atoms with Crippen LogP contribution in [0.5, 0.6) is 5.75 Å². The molecule has 0 radical (unpaired) electrons. The second-order valence-electron chi connectivity index (χ2n) is 6.98. The highest BCUT2D eigenvalue weighted by Gasteiger charge is 2.16. The van der Waals surface area contributed by atoms with Crippen molar-refractivity contribution in [2.24, 2.45) is 0 Å². The van der Waals surface area contributed by atoms with Crippen molar-refractivity contribution in [1.29, 1.82) is 0 Å². The summed E-state index contributed by atoms with van der Waals surface area (Å²) in [4.78, 5) is 12.1. The number of aryl methyl sites for hydroxylation is 1. The molecule has 1 N–H and O–H groups in total. The number of amides is 1. The first-order valence-electron chi connectivity index (χ1n) is 7.97. The van der Waals surface area contributed by atoms with Crippen molar-refractivity contribution in [3.63, 3.8) is 0 Å². The lowest BCUT2D eigenvalue weighted by Gasteiger charge is -2.20. The lowest BCUT2D eigenvalue weighted by Crippen LogP contribution is -2.21. The van der Waals surface area contributed by atoms with Gasteiger partial charge in [0.05, 0.1) is 4.47 Å². The van der Waals surface area contributed by atoms with Gasteiger partial charge >= 0.3 is 0 Å². The molecule has 0 saturated carbocycles. The van der Waals surface area contributed by atoms with Gasteiger partial charge < -0.3 is 10.1 Å². The smallest absolute Gasteiger partial charge is 0.262 e. The van der Waals surface area contributed by atoms with Crippen LogP contribution in [-0.2, 0) is 10.2 Å². The topological polar surface area (TPSA) is 38.3 Å². The monoisotopic (exact) mass is 389 g/mol. The van der Waals surface area contributed by atoms with Gasteiger partial charge in [-0.25, -0.2) is 0 Å². The molecule has 0 bridgehead atoms. The summed E-state index contributed by atoms with van der Waals surface area (Å²) in [6.45, 7) is 10.5. The number of ether oxygens (including phenoxy) is 1. The first-order valence-corrected chi connectivity index (χ1v) is 8.76. The highest BCUT2D eigenvalue weighted by Crippen LogP contribution is 2.31. The number of carbonyl (C=O) groups is 1. The molecule has 0 fully saturated rings. The van der Waals surface area contributed by atoms with Crippen LogP contribution in [0.4, 0.5) is 5.69 Å². The van der Waals surface area contributed by atoms with Crippen LogP contribution < -0.4 is 10.1 Å². The third kappa shape index (κ3) is 4.60. The number of nitrogens with one attached hydrogen (secondary N) is 1. The Kier molecular flexibility index (Phi) is 5.70. The molecule has 0 saturated heterocycles. The van der Waals surface area contributed by atoms with Gasteiger partial charge in [0.15, 0.2) is 6.61 Å². The van der Waals surface area contributed by atoms with Crippen molar-refractivity contribution < 1.29 is 9.53 Å². The number of hydrogen-bond acceptors (Lipinski definition) is 2. The summed E-state index contributed by atoms with van der Waals surface area (Å²) in [5.74, 6) is 0.495. The van der Waals surface area contributed by atoms with E-state index in [0.29, 0.717) is 5.75 Å². The van der Waals surface area contributed by atoms with E-state index in [4.69, 9.17) is 4.74 Å². The van der Waals surface area contributed by atoms with E-state index in [-0.39, 0.29) is 17.9 Å². The maximum absolute atomic E-state index is 12.1. The predicted octanol–water partition coefficient (Wildman–Crippen LogP) is 5.38. The molecule has 0 unspecified atom stereocenters. The van der Waals surface area contributed by atoms with Crippen LogP contribution in [0, 0.1) is 13.8 Å². The molecule has 0 spiro atoms. The fourth-order valence-corrected chi connectivity index (χ4v) is 2.79. The third-order valence-electron chi connectivity index (χ3n) is 4.04. The second kappa shape index (κ2) is 7.39. The highest BCUT2D eigenvalue weighted by atomic mass is 79.9. The van der Waals surface area contributed by atoms with Crippen LogP contribution >= 0.6 is 15.9 Å². The lowest BCUT2D eigenvalue weighted by atomic mass is 9.87. The van der Waals surface area contributed by atoms with Crippen molar-refractivity contribution in [3.8, 4) is 5.75 Å². The Labute approximate surface area is 152 Å². The van der Waals surface area contributed by atoms with Gasteiger partial charge in [-0.15, -0.1) is 0 Å². The Hall–Kier alpha value is -1.81. The Balaban J connectivity index is 2.00. The molecular weight excluding hydrogens is 366 g/mol.